The molecule has 1 aromatic rings. The molecule has 0 spiro atoms. The Morgan fingerprint density at radius 2 is 2.14 bits per heavy atom. The van der Waals surface area contributed by atoms with Crippen molar-refractivity contribution < 1.29 is 22.4 Å². The molecule has 0 aliphatic heterocycles. The van der Waals surface area contributed by atoms with E-state index in [1.54, 1.807) is 0 Å². The Balaban J connectivity index is 2.74. The van der Waals surface area contributed by atoms with Crippen LogP contribution in [0.2, 0.25) is 0 Å². The highest BCUT2D eigenvalue weighted by Crippen LogP contribution is 2.28. The molecule has 0 aliphatic rings. The second-order valence-corrected chi connectivity index (χ2v) is 2.31. The first-order valence-corrected chi connectivity index (χ1v) is 3.64. The third-order valence-electron chi connectivity index (χ3n) is 1.23. The zero-order valence-corrected chi connectivity index (χ0v) is 7.05. The van der Waals surface area contributed by atoms with Crippen LogP contribution in [0.1, 0.15) is 19.2 Å². The number of nitrogens with one attached hydrogen (secondary N) is 1. The summed E-state index contributed by atoms with van der Waals surface area (Å²) >= 11 is 0. The fourth-order valence-electron chi connectivity index (χ4n) is 0.596. The van der Waals surface area contributed by atoms with Gasteiger partial charge < -0.3 is 4.42 Å². The maximum absolute atomic E-state index is 11.9. The van der Waals surface area contributed by atoms with Crippen molar-refractivity contribution in [2.75, 3.05) is 5.32 Å². The quantitative estimate of drug-likeness (QED) is 0.800. The van der Waals surface area contributed by atoms with Crippen LogP contribution in [0, 0.1) is 0 Å². The molecule has 1 amide bonds. The number of alkyl halides is 3. The molecular weight excluding hydrogens is 203 g/mol. The van der Waals surface area contributed by atoms with Crippen molar-refractivity contribution in [3.05, 3.63) is 5.89 Å². The van der Waals surface area contributed by atoms with Crippen molar-refractivity contribution in [3.63, 3.8) is 0 Å². The minimum absolute atomic E-state index is 0.115. The molecule has 14 heavy (non-hydrogen) atoms. The molecule has 0 saturated heterocycles. The van der Waals surface area contributed by atoms with Gasteiger partial charge in [-0.15, -0.1) is 5.10 Å². The Morgan fingerprint density at radius 1 is 1.50 bits per heavy atom. The van der Waals surface area contributed by atoms with Gasteiger partial charge in [0, 0.05) is 6.42 Å². The lowest BCUT2D eigenvalue weighted by Crippen LogP contribution is -2.09. The molecule has 0 aromatic carbocycles. The van der Waals surface area contributed by atoms with E-state index < -0.39 is 24.0 Å². The van der Waals surface area contributed by atoms with Gasteiger partial charge in [0.25, 0.3) is 0 Å². The van der Waals surface area contributed by atoms with Gasteiger partial charge in [-0.05, 0) is 0 Å². The van der Waals surface area contributed by atoms with E-state index in [9.17, 15) is 18.0 Å². The zero-order valence-electron chi connectivity index (χ0n) is 7.05. The first-order chi connectivity index (χ1) is 6.43. The molecule has 8 heteroatoms. The average molecular weight is 209 g/mol. The number of nitrogens with zero attached hydrogens (tertiary/aromatic N) is 2. The summed E-state index contributed by atoms with van der Waals surface area (Å²) < 4.78 is 39.9. The van der Waals surface area contributed by atoms with E-state index in [4.69, 9.17) is 0 Å². The minimum atomic E-state index is -4.69. The predicted octanol–water partition coefficient (Wildman–Crippen LogP) is 1.44. The summed E-state index contributed by atoms with van der Waals surface area (Å²) in [5.41, 5.74) is 0. The smallest absolute Gasteiger partial charge is 0.399 e. The molecule has 1 aromatic heterocycles. The summed E-state index contributed by atoms with van der Waals surface area (Å²) in [7, 11) is 0. The molecule has 78 valence electrons. The summed E-state index contributed by atoms with van der Waals surface area (Å²) in [5.74, 6) is -1.98. The topological polar surface area (TPSA) is 68.0 Å². The van der Waals surface area contributed by atoms with Crippen molar-refractivity contribution in [3.8, 4) is 0 Å². The first kappa shape index (κ1) is 10.5. The minimum Gasteiger partial charge on any atom is -0.399 e. The molecule has 0 saturated carbocycles. The van der Waals surface area contributed by atoms with E-state index in [0.717, 1.165) is 0 Å². The number of halogens is 3. The summed E-state index contributed by atoms with van der Waals surface area (Å²) in [6.45, 7) is 1.54. The zero-order chi connectivity index (χ0) is 10.8. The Kier molecular flexibility index (Phi) is 2.73. The number of carbonyl (C=O) groups is 1. The lowest BCUT2D eigenvalue weighted by molar-refractivity contribution is -0.157. The van der Waals surface area contributed by atoms with Crippen LogP contribution in [0.15, 0.2) is 4.42 Å². The Morgan fingerprint density at radius 3 is 2.57 bits per heavy atom. The lowest BCUT2D eigenvalue weighted by Gasteiger charge is -1.97. The molecule has 0 radical (unpaired) electrons. The summed E-state index contributed by atoms with van der Waals surface area (Å²) in [4.78, 5) is 10.7. The molecule has 1 heterocycles. The van der Waals surface area contributed by atoms with Crippen LogP contribution in [0.5, 0.6) is 0 Å². The average Bonchev–Trinajstić information content (AvgIpc) is 2.51. The first-order valence-electron chi connectivity index (χ1n) is 3.64. The number of aromatic nitrogens is 2. The Hall–Kier alpha value is -1.60. The van der Waals surface area contributed by atoms with Gasteiger partial charge in [0.1, 0.15) is 0 Å². The van der Waals surface area contributed by atoms with Gasteiger partial charge in [0.15, 0.2) is 0 Å². The number of hydrogen-bond acceptors (Lipinski definition) is 4. The second-order valence-electron chi connectivity index (χ2n) is 2.31. The number of rotatable bonds is 2. The highest BCUT2D eigenvalue weighted by molar-refractivity contribution is 5.88. The third-order valence-corrected chi connectivity index (χ3v) is 1.23. The normalized spacial score (nSPS) is 11.4. The maximum atomic E-state index is 11.9. The van der Waals surface area contributed by atoms with Gasteiger partial charge in [0.2, 0.25) is 5.91 Å². The second kappa shape index (κ2) is 3.64. The van der Waals surface area contributed by atoms with Crippen LogP contribution in [0.4, 0.5) is 19.2 Å². The van der Waals surface area contributed by atoms with Crippen LogP contribution in [0.3, 0.4) is 0 Å². The summed E-state index contributed by atoms with van der Waals surface area (Å²) in [6.07, 6.45) is -4.58. The standard InChI is InChI=1S/C6H6F3N3O2/c1-2-3(13)10-5-12-11-4(14-5)6(7,8)9/h2H2,1H3,(H,10,12,13). The third kappa shape index (κ3) is 2.44. The number of amides is 1. The SMILES string of the molecule is CCC(=O)Nc1nnc(C(F)(F)F)o1. The van der Waals surface area contributed by atoms with Gasteiger partial charge in [-0.1, -0.05) is 12.0 Å². The van der Waals surface area contributed by atoms with Gasteiger partial charge in [0.05, 0.1) is 0 Å². The monoisotopic (exact) mass is 209 g/mol. The van der Waals surface area contributed by atoms with Crippen LogP contribution in [-0.2, 0) is 11.0 Å². The molecule has 1 rings (SSSR count). The highest BCUT2D eigenvalue weighted by atomic mass is 19.4. The van der Waals surface area contributed by atoms with Crippen LogP contribution in [-0.4, -0.2) is 16.1 Å². The highest BCUT2D eigenvalue weighted by Gasteiger charge is 2.38. The summed E-state index contributed by atoms with van der Waals surface area (Å²) in [5, 5.41) is 7.73. The lowest BCUT2D eigenvalue weighted by atomic mass is 10.5. The van der Waals surface area contributed by atoms with E-state index in [-0.39, 0.29) is 6.42 Å². The molecule has 0 unspecified atom stereocenters. The molecule has 1 N–H and O–H groups in total. The van der Waals surface area contributed by atoms with Crippen LogP contribution >= 0.6 is 0 Å². The van der Waals surface area contributed by atoms with E-state index >= 15 is 0 Å². The maximum Gasteiger partial charge on any atom is 0.470 e. The Labute approximate surface area is 76.3 Å². The van der Waals surface area contributed by atoms with Crippen molar-refractivity contribution in [2.24, 2.45) is 0 Å². The van der Waals surface area contributed by atoms with Crippen molar-refractivity contribution in [1.82, 2.24) is 10.2 Å². The van der Waals surface area contributed by atoms with Crippen LogP contribution in [0.25, 0.3) is 0 Å². The van der Waals surface area contributed by atoms with Crippen LogP contribution < -0.4 is 5.32 Å². The van der Waals surface area contributed by atoms with E-state index in [1.807, 2.05) is 5.32 Å². The summed E-state index contributed by atoms with van der Waals surface area (Å²) in [6, 6.07) is -0.552. The van der Waals surface area contributed by atoms with Gasteiger partial charge in [-0.2, -0.15) is 13.2 Å². The van der Waals surface area contributed by atoms with Crippen molar-refractivity contribution in [1.29, 1.82) is 0 Å². The van der Waals surface area contributed by atoms with Gasteiger partial charge >= 0.3 is 18.1 Å². The fourth-order valence-corrected chi connectivity index (χ4v) is 0.596. The predicted molar refractivity (Wildman–Crippen MR) is 38.2 cm³/mol. The number of anilines is 1. The van der Waals surface area contributed by atoms with E-state index in [1.165, 1.54) is 6.92 Å². The molecule has 0 atom stereocenters. The van der Waals surface area contributed by atoms with E-state index in [0.29, 0.717) is 0 Å². The number of carbonyl (C=O) groups excluding carboxylic acids is 1. The van der Waals surface area contributed by atoms with Gasteiger partial charge in [-0.25, -0.2) is 0 Å². The van der Waals surface area contributed by atoms with Crippen molar-refractivity contribution >= 4 is 11.9 Å². The number of hydrogen-bond donors (Lipinski definition) is 1. The molecular formula is C6H6F3N3O2. The van der Waals surface area contributed by atoms with Crippen molar-refractivity contribution in [2.45, 2.75) is 19.5 Å². The molecule has 0 aliphatic carbocycles. The molecule has 5 nitrogen and oxygen atoms in total. The molecule has 0 bridgehead atoms. The van der Waals surface area contributed by atoms with Gasteiger partial charge in [-0.3, -0.25) is 10.1 Å². The fraction of sp³-hybridized carbons (Fsp3) is 0.500. The Bertz CT molecular complexity index is 333. The largest absolute Gasteiger partial charge is 0.470 e. The van der Waals surface area contributed by atoms with E-state index in [2.05, 4.69) is 14.6 Å². The molecule has 0 fully saturated rings.